The molecule has 0 aliphatic heterocycles. The van der Waals surface area contributed by atoms with Crippen molar-refractivity contribution in [3.63, 3.8) is 0 Å². The van der Waals surface area contributed by atoms with Gasteiger partial charge < -0.3 is 10.6 Å². The Hall–Kier alpha value is -1.32. The van der Waals surface area contributed by atoms with E-state index in [9.17, 15) is 0 Å². The number of nitrogens with zero attached hydrogens (tertiary/aromatic N) is 3. The molecule has 1 aromatic heterocycles. The van der Waals surface area contributed by atoms with Crippen molar-refractivity contribution in [2.75, 3.05) is 23.7 Å². The minimum atomic E-state index is 0.575. The summed E-state index contributed by atoms with van der Waals surface area (Å²) in [5, 5.41) is 0. The minimum Gasteiger partial charge on any atom is -0.384 e. The van der Waals surface area contributed by atoms with Crippen LogP contribution in [0.1, 0.15) is 50.3 Å². The average Bonchev–Trinajstić information content (AvgIpc) is 3.26. The van der Waals surface area contributed by atoms with Crippen molar-refractivity contribution in [2.45, 2.75) is 44.4 Å². The second-order valence-corrected chi connectivity index (χ2v) is 6.58. The van der Waals surface area contributed by atoms with Crippen molar-refractivity contribution in [3.8, 4) is 0 Å². The third kappa shape index (κ3) is 2.82. The summed E-state index contributed by atoms with van der Waals surface area (Å²) in [6, 6.07) is 1.97. The first-order valence-corrected chi connectivity index (χ1v) is 7.67. The topological polar surface area (TPSA) is 55.0 Å². The molecule has 3 aliphatic rings. The number of nitrogens with two attached hydrogens (primary N) is 1. The number of anilines is 2. The third-order valence-electron chi connectivity index (χ3n) is 4.37. The second kappa shape index (κ2) is 4.36. The first-order valence-electron chi connectivity index (χ1n) is 7.67. The molecule has 0 amide bonds. The van der Waals surface area contributed by atoms with Gasteiger partial charge in [0.05, 0.1) is 0 Å². The molecule has 3 fully saturated rings. The normalized spacial score (nSPS) is 22.5. The van der Waals surface area contributed by atoms with Gasteiger partial charge in [0.1, 0.15) is 17.5 Å². The number of hydrogen-bond donors (Lipinski definition) is 1. The molecule has 1 heterocycles. The highest BCUT2D eigenvalue weighted by atomic mass is 15.2. The van der Waals surface area contributed by atoms with Crippen LogP contribution in [0.2, 0.25) is 0 Å². The number of hydrogen-bond acceptors (Lipinski definition) is 4. The highest BCUT2D eigenvalue weighted by Crippen LogP contribution is 2.40. The van der Waals surface area contributed by atoms with E-state index in [1.54, 1.807) is 0 Å². The summed E-state index contributed by atoms with van der Waals surface area (Å²) >= 11 is 0. The number of nitrogen functional groups attached to an aromatic ring is 1. The van der Waals surface area contributed by atoms with Gasteiger partial charge in [0, 0.05) is 25.1 Å². The molecule has 4 rings (SSSR count). The maximum Gasteiger partial charge on any atom is 0.136 e. The van der Waals surface area contributed by atoms with Crippen LogP contribution in [-0.4, -0.2) is 23.1 Å². The molecule has 4 nitrogen and oxygen atoms in total. The molecule has 2 N–H and O–H groups in total. The molecule has 0 unspecified atom stereocenters. The van der Waals surface area contributed by atoms with Gasteiger partial charge in [-0.2, -0.15) is 0 Å². The summed E-state index contributed by atoms with van der Waals surface area (Å²) in [6.07, 6.45) is 8.01. The Bertz CT molecular complexity index is 461. The van der Waals surface area contributed by atoms with Crippen LogP contribution in [0.25, 0.3) is 0 Å². The van der Waals surface area contributed by atoms with Crippen LogP contribution in [0.15, 0.2) is 6.07 Å². The Morgan fingerprint density at radius 2 is 1.63 bits per heavy atom. The Balaban J connectivity index is 1.58. The van der Waals surface area contributed by atoms with Crippen molar-refractivity contribution in [2.24, 2.45) is 11.8 Å². The third-order valence-corrected chi connectivity index (χ3v) is 4.37. The molecule has 19 heavy (non-hydrogen) atoms. The molecule has 3 aliphatic carbocycles. The Labute approximate surface area is 114 Å². The Morgan fingerprint density at radius 3 is 2.16 bits per heavy atom. The largest absolute Gasteiger partial charge is 0.384 e. The van der Waals surface area contributed by atoms with E-state index in [0.717, 1.165) is 36.6 Å². The maximum absolute atomic E-state index is 5.98. The van der Waals surface area contributed by atoms with Crippen molar-refractivity contribution >= 4 is 11.6 Å². The predicted octanol–water partition coefficient (Wildman–Crippen LogP) is 2.56. The zero-order chi connectivity index (χ0) is 12.8. The number of aromatic nitrogens is 2. The van der Waals surface area contributed by atoms with E-state index in [-0.39, 0.29) is 0 Å². The first kappa shape index (κ1) is 11.5. The molecule has 0 aromatic carbocycles. The Kier molecular flexibility index (Phi) is 2.64. The summed E-state index contributed by atoms with van der Waals surface area (Å²) in [4.78, 5) is 11.7. The van der Waals surface area contributed by atoms with Gasteiger partial charge >= 0.3 is 0 Å². The predicted molar refractivity (Wildman–Crippen MR) is 76.1 cm³/mol. The van der Waals surface area contributed by atoms with Gasteiger partial charge in [-0.1, -0.05) is 0 Å². The lowest BCUT2D eigenvalue weighted by molar-refractivity contribution is 0.668. The van der Waals surface area contributed by atoms with E-state index >= 15 is 0 Å². The fourth-order valence-corrected chi connectivity index (χ4v) is 2.64. The maximum atomic E-state index is 5.98. The fourth-order valence-electron chi connectivity index (χ4n) is 2.64. The van der Waals surface area contributed by atoms with E-state index in [4.69, 9.17) is 10.7 Å². The SMILES string of the molecule is Nc1cc(N(CC2CC2)CC2CC2)nc(C2CC2)n1. The second-order valence-electron chi connectivity index (χ2n) is 6.58. The molecule has 0 radical (unpaired) electrons. The summed E-state index contributed by atoms with van der Waals surface area (Å²) in [7, 11) is 0. The molecule has 1 aromatic rings. The lowest BCUT2D eigenvalue weighted by atomic mass is 10.3. The monoisotopic (exact) mass is 258 g/mol. The van der Waals surface area contributed by atoms with E-state index in [0.29, 0.717) is 11.7 Å². The molecular formula is C15H22N4. The van der Waals surface area contributed by atoms with Crippen LogP contribution in [0.4, 0.5) is 11.6 Å². The summed E-state index contributed by atoms with van der Waals surface area (Å²) in [5.41, 5.74) is 5.98. The molecule has 0 atom stereocenters. The van der Waals surface area contributed by atoms with Crippen molar-refractivity contribution in [3.05, 3.63) is 11.9 Å². The van der Waals surface area contributed by atoms with E-state index in [2.05, 4.69) is 9.88 Å². The van der Waals surface area contributed by atoms with Crippen LogP contribution < -0.4 is 10.6 Å². The van der Waals surface area contributed by atoms with E-state index < -0.39 is 0 Å². The van der Waals surface area contributed by atoms with Crippen LogP contribution >= 0.6 is 0 Å². The molecule has 102 valence electrons. The van der Waals surface area contributed by atoms with Gasteiger partial charge in [-0.3, -0.25) is 0 Å². The van der Waals surface area contributed by atoms with Gasteiger partial charge in [-0.25, -0.2) is 9.97 Å². The molecule has 0 spiro atoms. The van der Waals surface area contributed by atoms with Crippen molar-refractivity contribution in [1.82, 2.24) is 9.97 Å². The lowest BCUT2D eigenvalue weighted by Gasteiger charge is -2.24. The first-order chi connectivity index (χ1) is 9.28. The quantitative estimate of drug-likeness (QED) is 0.852. The molecule has 0 saturated heterocycles. The highest BCUT2D eigenvalue weighted by molar-refractivity contribution is 5.48. The van der Waals surface area contributed by atoms with Gasteiger partial charge in [-0.05, 0) is 50.4 Å². The zero-order valence-corrected chi connectivity index (χ0v) is 11.4. The van der Waals surface area contributed by atoms with Crippen LogP contribution in [-0.2, 0) is 0 Å². The van der Waals surface area contributed by atoms with E-state index in [1.807, 2.05) is 6.07 Å². The summed E-state index contributed by atoms with van der Waals surface area (Å²) in [5.74, 6) is 5.05. The van der Waals surface area contributed by atoms with Crippen LogP contribution in [0, 0.1) is 11.8 Å². The molecule has 0 bridgehead atoms. The van der Waals surface area contributed by atoms with Gasteiger partial charge in [0.15, 0.2) is 0 Å². The van der Waals surface area contributed by atoms with Gasteiger partial charge in [0.25, 0.3) is 0 Å². The lowest BCUT2D eigenvalue weighted by Crippen LogP contribution is -2.29. The Morgan fingerprint density at radius 1 is 1.00 bits per heavy atom. The van der Waals surface area contributed by atoms with Gasteiger partial charge in [0.2, 0.25) is 0 Å². The average molecular weight is 258 g/mol. The number of rotatable bonds is 6. The van der Waals surface area contributed by atoms with Crippen LogP contribution in [0.3, 0.4) is 0 Å². The summed E-state index contributed by atoms with van der Waals surface area (Å²) in [6.45, 7) is 2.33. The summed E-state index contributed by atoms with van der Waals surface area (Å²) < 4.78 is 0. The van der Waals surface area contributed by atoms with Crippen molar-refractivity contribution in [1.29, 1.82) is 0 Å². The zero-order valence-electron chi connectivity index (χ0n) is 11.4. The van der Waals surface area contributed by atoms with Crippen LogP contribution in [0.5, 0.6) is 0 Å². The minimum absolute atomic E-state index is 0.575. The molecule has 4 heteroatoms. The van der Waals surface area contributed by atoms with Gasteiger partial charge in [-0.15, -0.1) is 0 Å². The fraction of sp³-hybridized carbons (Fsp3) is 0.733. The smallest absolute Gasteiger partial charge is 0.136 e. The highest BCUT2D eigenvalue weighted by Gasteiger charge is 2.32. The van der Waals surface area contributed by atoms with E-state index in [1.165, 1.54) is 38.5 Å². The molecule has 3 saturated carbocycles. The molecular weight excluding hydrogens is 236 g/mol. The van der Waals surface area contributed by atoms with Crippen molar-refractivity contribution < 1.29 is 0 Å². The standard InChI is InChI=1S/C15H22N4/c16-13-7-14(18-15(17-13)12-5-6-12)19(8-10-1-2-10)9-11-3-4-11/h7,10-12H,1-6,8-9H2,(H2,16,17,18).